The SMILES string of the molecule is CCN(C(=O)C1CCNc2ccccc21)C(C)(C)C(=O)O. The lowest BCUT2D eigenvalue weighted by Gasteiger charge is -2.38. The molecule has 2 rings (SSSR count). The summed E-state index contributed by atoms with van der Waals surface area (Å²) in [6.07, 6.45) is 0.683. The molecule has 114 valence electrons. The van der Waals surface area contributed by atoms with Crippen molar-refractivity contribution < 1.29 is 14.7 Å². The molecule has 2 N–H and O–H groups in total. The molecule has 0 fully saturated rings. The summed E-state index contributed by atoms with van der Waals surface area (Å²) in [4.78, 5) is 25.8. The van der Waals surface area contributed by atoms with Crippen LogP contribution in [0.3, 0.4) is 0 Å². The Kier molecular flexibility index (Phi) is 4.21. The van der Waals surface area contributed by atoms with E-state index in [0.717, 1.165) is 17.8 Å². The molecule has 0 radical (unpaired) electrons. The normalized spacial score (nSPS) is 17.6. The van der Waals surface area contributed by atoms with E-state index in [0.29, 0.717) is 13.0 Å². The number of nitrogens with one attached hydrogen (secondary N) is 1. The van der Waals surface area contributed by atoms with Gasteiger partial charge in [0.25, 0.3) is 0 Å². The average molecular weight is 290 g/mol. The molecule has 0 saturated carbocycles. The van der Waals surface area contributed by atoms with Crippen molar-refractivity contribution >= 4 is 17.6 Å². The van der Waals surface area contributed by atoms with Crippen LogP contribution in [-0.2, 0) is 9.59 Å². The minimum atomic E-state index is -1.20. The summed E-state index contributed by atoms with van der Waals surface area (Å²) in [7, 11) is 0. The standard InChI is InChI=1S/C16H22N2O3/c1-4-18(16(2,3)15(20)21)14(19)12-9-10-17-13-8-6-5-7-11(12)13/h5-8,12,17H,4,9-10H2,1-3H3,(H,20,21). The predicted molar refractivity (Wildman–Crippen MR) is 81.4 cm³/mol. The van der Waals surface area contributed by atoms with E-state index in [1.165, 1.54) is 4.90 Å². The minimum Gasteiger partial charge on any atom is -0.480 e. The second kappa shape index (κ2) is 5.76. The monoisotopic (exact) mass is 290 g/mol. The highest BCUT2D eigenvalue weighted by Gasteiger charge is 2.40. The highest BCUT2D eigenvalue weighted by atomic mass is 16.4. The maximum atomic E-state index is 12.9. The van der Waals surface area contributed by atoms with E-state index in [-0.39, 0.29) is 11.8 Å². The van der Waals surface area contributed by atoms with Crippen molar-refractivity contribution in [3.63, 3.8) is 0 Å². The van der Waals surface area contributed by atoms with Crippen LogP contribution in [0, 0.1) is 0 Å². The summed E-state index contributed by atoms with van der Waals surface area (Å²) in [6, 6.07) is 7.72. The molecule has 1 atom stereocenters. The van der Waals surface area contributed by atoms with E-state index in [4.69, 9.17) is 0 Å². The van der Waals surface area contributed by atoms with Crippen LogP contribution in [0.4, 0.5) is 5.69 Å². The molecule has 1 aliphatic rings. The van der Waals surface area contributed by atoms with Gasteiger partial charge in [-0.3, -0.25) is 4.79 Å². The van der Waals surface area contributed by atoms with E-state index in [1.54, 1.807) is 13.8 Å². The molecular weight excluding hydrogens is 268 g/mol. The van der Waals surface area contributed by atoms with Crippen LogP contribution in [-0.4, -0.2) is 40.5 Å². The zero-order valence-corrected chi connectivity index (χ0v) is 12.7. The summed E-state index contributed by atoms with van der Waals surface area (Å²) in [6.45, 7) is 6.06. The molecule has 1 amide bonds. The smallest absolute Gasteiger partial charge is 0.329 e. The second-order valence-corrected chi connectivity index (χ2v) is 5.80. The number of fused-ring (bicyclic) bond motifs is 1. The fraction of sp³-hybridized carbons (Fsp3) is 0.500. The van der Waals surface area contributed by atoms with Gasteiger partial charge in [0.1, 0.15) is 5.54 Å². The maximum absolute atomic E-state index is 12.9. The largest absolute Gasteiger partial charge is 0.480 e. The van der Waals surface area contributed by atoms with Crippen molar-refractivity contribution in [1.82, 2.24) is 4.90 Å². The summed E-state index contributed by atoms with van der Waals surface area (Å²) in [5, 5.41) is 12.7. The van der Waals surface area contributed by atoms with E-state index in [1.807, 2.05) is 31.2 Å². The summed E-state index contributed by atoms with van der Waals surface area (Å²) < 4.78 is 0. The number of hydrogen-bond acceptors (Lipinski definition) is 3. The van der Waals surface area contributed by atoms with Gasteiger partial charge in [0.15, 0.2) is 0 Å². The molecule has 0 aliphatic carbocycles. The van der Waals surface area contributed by atoms with E-state index in [9.17, 15) is 14.7 Å². The Morgan fingerprint density at radius 2 is 2.05 bits per heavy atom. The second-order valence-electron chi connectivity index (χ2n) is 5.80. The number of nitrogens with zero attached hydrogens (tertiary/aromatic N) is 1. The first-order valence-corrected chi connectivity index (χ1v) is 7.27. The number of anilines is 1. The lowest BCUT2D eigenvalue weighted by atomic mass is 9.88. The number of carboxylic acids is 1. The number of amides is 1. The van der Waals surface area contributed by atoms with Gasteiger partial charge in [-0.05, 0) is 38.8 Å². The van der Waals surface area contributed by atoms with Crippen molar-refractivity contribution in [3.8, 4) is 0 Å². The van der Waals surface area contributed by atoms with Gasteiger partial charge < -0.3 is 15.3 Å². The fourth-order valence-corrected chi connectivity index (χ4v) is 2.86. The van der Waals surface area contributed by atoms with Crippen molar-refractivity contribution in [2.24, 2.45) is 0 Å². The molecule has 5 heteroatoms. The topological polar surface area (TPSA) is 69.6 Å². The first kappa shape index (κ1) is 15.4. The molecule has 1 aliphatic heterocycles. The number of aliphatic carboxylic acids is 1. The molecule has 1 unspecified atom stereocenters. The highest BCUT2D eigenvalue weighted by Crippen LogP contribution is 2.34. The number of likely N-dealkylation sites (N-methyl/N-ethyl adjacent to an activating group) is 1. The Hall–Kier alpha value is -2.04. The van der Waals surface area contributed by atoms with Crippen LogP contribution < -0.4 is 5.32 Å². The van der Waals surface area contributed by atoms with Crippen LogP contribution in [0.15, 0.2) is 24.3 Å². The van der Waals surface area contributed by atoms with Gasteiger partial charge in [-0.15, -0.1) is 0 Å². The molecule has 5 nitrogen and oxygen atoms in total. The van der Waals surface area contributed by atoms with Gasteiger partial charge in [0, 0.05) is 18.8 Å². The van der Waals surface area contributed by atoms with Crippen molar-refractivity contribution in [3.05, 3.63) is 29.8 Å². The van der Waals surface area contributed by atoms with Gasteiger partial charge in [-0.25, -0.2) is 4.79 Å². The number of carboxylic acid groups (broad SMARTS) is 1. The number of rotatable bonds is 4. The Labute approximate surface area is 125 Å². The molecular formula is C16H22N2O3. The first-order valence-electron chi connectivity index (χ1n) is 7.27. The van der Waals surface area contributed by atoms with Crippen LogP contribution >= 0.6 is 0 Å². The average Bonchev–Trinajstić information content (AvgIpc) is 2.46. The van der Waals surface area contributed by atoms with Crippen LogP contribution in [0.25, 0.3) is 0 Å². The van der Waals surface area contributed by atoms with Gasteiger partial charge in [0.2, 0.25) is 5.91 Å². The quantitative estimate of drug-likeness (QED) is 0.892. The van der Waals surface area contributed by atoms with Crippen molar-refractivity contribution in [1.29, 1.82) is 0 Å². The van der Waals surface area contributed by atoms with Crippen molar-refractivity contribution in [2.45, 2.75) is 38.6 Å². The third-order valence-electron chi connectivity index (χ3n) is 4.16. The van der Waals surface area contributed by atoms with Gasteiger partial charge >= 0.3 is 5.97 Å². The Balaban J connectivity index is 2.34. The fourth-order valence-electron chi connectivity index (χ4n) is 2.86. The van der Waals surface area contributed by atoms with Crippen molar-refractivity contribution in [2.75, 3.05) is 18.4 Å². The number of hydrogen-bond donors (Lipinski definition) is 2. The predicted octanol–water partition coefficient (Wildman–Crippen LogP) is 2.30. The summed E-state index contributed by atoms with van der Waals surface area (Å²) in [5.41, 5.74) is 0.714. The number of carbonyl (C=O) groups excluding carboxylic acids is 1. The Morgan fingerprint density at radius 3 is 2.67 bits per heavy atom. The minimum absolute atomic E-state index is 0.112. The van der Waals surface area contributed by atoms with Crippen LogP contribution in [0.5, 0.6) is 0 Å². The van der Waals surface area contributed by atoms with Gasteiger partial charge in [0.05, 0.1) is 5.92 Å². The zero-order chi connectivity index (χ0) is 15.6. The number of para-hydroxylation sites is 1. The molecule has 0 bridgehead atoms. The maximum Gasteiger partial charge on any atom is 0.329 e. The van der Waals surface area contributed by atoms with Gasteiger partial charge in [-0.1, -0.05) is 18.2 Å². The molecule has 0 aromatic heterocycles. The Bertz CT molecular complexity index is 554. The third kappa shape index (κ3) is 2.73. The van der Waals surface area contributed by atoms with Crippen LogP contribution in [0.2, 0.25) is 0 Å². The van der Waals surface area contributed by atoms with E-state index >= 15 is 0 Å². The zero-order valence-electron chi connectivity index (χ0n) is 12.7. The Morgan fingerprint density at radius 1 is 1.38 bits per heavy atom. The molecule has 0 saturated heterocycles. The van der Waals surface area contributed by atoms with E-state index < -0.39 is 11.5 Å². The molecule has 1 aromatic carbocycles. The highest BCUT2D eigenvalue weighted by molar-refractivity contribution is 5.91. The molecule has 1 heterocycles. The molecule has 0 spiro atoms. The lowest BCUT2D eigenvalue weighted by Crippen LogP contribution is -2.54. The molecule has 21 heavy (non-hydrogen) atoms. The first-order chi connectivity index (χ1) is 9.89. The lowest BCUT2D eigenvalue weighted by molar-refractivity contribution is -0.157. The van der Waals surface area contributed by atoms with Gasteiger partial charge in [-0.2, -0.15) is 0 Å². The number of carbonyl (C=O) groups is 2. The van der Waals surface area contributed by atoms with E-state index in [2.05, 4.69) is 5.32 Å². The summed E-state index contributed by atoms with van der Waals surface area (Å²) in [5.74, 6) is -1.38. The molecule has 1 aromatic rings. The summed E-state index contributed by atoms with van der Waals surface area (Å²) >= 11 is 0. The number of benzene rings is 1. The third-order valence-corrected chi connectivity index (χ3v) is 4.16. The van der Waals surface area contributed by atoms with Crippen LogP contribution in [0.1, 0.15) is 38.7 Å².